The summed E-state index contributed by atoms with van der Waals surface area (Å²) in [6, 6.07) is 11.5. The van der Waals surface area contributed by atoms with E-state index < -0.39 is 5.97 Å². The van der Waals surface area contributed by atoms with Crippen LogP contribution in [0.4, 0.5) is 0 Å². The van der Waals surface area contributed by atoms with Gasteiger partial charge in [0.25, 0.3) is 0 Å². The Bertz CT molecular complexity index is 981. The lowest BCUT2D eigenvalue weighted by Crippen LogP contribution is -1.93. The summed E-state index contributed by atoms with van der Waals surface area (Å²) in [7, 11) is 4.57. The van der Waals surface area contributed by atoms with Gasteiger partial charge in [0, 0.05) is 17.0 Å². The van der Waals surface area contributed by atoms with E-state index in [1.54, 1.807) is 20.3 Å². The third-order valence-corrected chi connectivity index (χ3v) is 4.14. The molecule has 0 aliphatic heterocycles. The van der Waals surface area contributed by atoms with Gasteiger partial charge in [0.1, 0.15) is 11.5 Å². The first kappa shape index (κ1) is 17.6. The third-order valence-electron chi connectivity index (χ3n) is 4.14. The van der Waals surface area contributed by atoms with Gasteiger partial charge in [-0.05, 0) is 60.5 Å². The van der Waals surface area contributed by atoms with Crippen LogP contribution in [0.1, 0.15) is 11.1 Å². The summed E-state index contributed by atoms with van der Waals surface area (Å²) in [6.45, 7) is 2.01. The Labute approximate surface area is 151 Å². The van der Waals surface area contributed by atoms with E-state index in [-0.39, 0.29) is 0 Å². The lowest BCUT2D eigenvalue weighted by molar-refractivity contribution is -0.134. The first-order chi connectivity index (χ1) is 12.5. The molecule has 0 aliphatic carbocycles. The summed E-state index contributed by atoms with van der Waals surface area (Å²) >= 11 is 0. The van der Waals surface area contributed by atoms with Crippen LogP contribution in [-0.2, 0) is 9.53 Å². The maximum atomic E-state index is 11.3. The summed E-state index contributed by atoms with van der Waals surface area (Å²) in [5.41, 5.74) is 3.51. The molecule has 26 heavy (non-hydrogen) atoms. The van der Waals surface area contributed by atoms with Crippen molar-refractivity contribution in [3.63, 3.8) is 0 Å². The zero-order chi connectivity index (χ0) is 18.7. The van der Waals surface area contributed by atoms with Crippen molar-refractivity contribution in [2.45, 2.75) is 6.92 Å². The SMILES string of the molecule is COC(=O)/C=C/c1cc(OC)c2oc(-c3ccc(OC)cc3C)cc2c1. The maximum absolute atomic E-state index is 11.3. The predicted molar refractivity (Wildman–Crippen MR) is 101 cm³/mol. The number of aryl methyl sites for hydroxylation is 1. The zero-order valence-corrected chi connectivity index (χ0v) is 15.2. The van der Waals surface area contributed by atoms with Gasteiger partial charge in [-0.15, -0.1) is 0 Å². The van der Waals surface area contributed by atoms with E-state index in [9.17, 15) is 4.79 Å². The molecule has 134 valence electrons. The summed E-state index contributed by atoms with van der Waals surface area (Å²) in [4.78, 5) is 11.3. The molecule has 2 aromatic carbocycles. The van der Waals surface area contributed by atoms with Gasteiger partial charge in [-0.2, -0.15) is 0 Å². The molecular formula is C21H20O5. The van der Waals surface area contributed by atoms with Crippen LogP contribution in [0.5, 0.6) is 11.5 Å². The van der Waals surface area contributed by atoms with E-state index in [2.05, 4.69) is 4.74 Å². The molecule has 0 bridgehead atoms. The number of methoxy groups -OCH3 is 3. The van der Waals surface area contributed by atoms with E-state index in [4.69, 9.17) is 13.9 Å². The highest BCUT2D eigenvalue weighted by Gasteiger charge is 2.14. The summed E-state index contributed by atoms with van der Waals surface area (Å²) in [5, 5.41) is 0.888. The van der Waals surface area contributed by atoms with E-state index in [0.717, 1.165) is 33.6 Å². The highest BCUT2D eigenvalue weighted by Crippen LogP contribution is 2.36. The molecule has 3 rings (SSSR count). The summed E-state index contributed by atoms with van der Waals surface area (Å²) < 4.78 is 21.4. The Morgan fingerprint density at radius 1 is 1.04 bits per heavy atom. The van der Waals surface area contributed by atoms with Crippen LogP contribution in [0.3, 0.4) is 0 Å². The number of fused-ring (bicyclic) bond motifs is 1. The summed E-state index contributed by atoms with van der Waals surface area (Å²) in [6.07, 6.45) is 3.05. The van der Waals surface area contributed by atoms with Crippen molar-refractivity contribution in [1.29, 1.82) is 0 Å². The Morgan fingerprint density at radius 2 is 1.85 bits per heavy atom. The number of carbonyl (C=O) groups excluding carboxylic acids is 1. The number of benzene rings is 2. The monoisotopic (exact) mass is 352 g/mol. The second-order valence-corrected chi connectivity index (χ2v) is 5.79. The van der Waals surface area contributed by atoms with Crippen LogP contribution in [-0.4, -0.2) is 27.3 Å². The van der Waals surface area contributed by atoms with E-state index >= 15 is 0 Å². The molecule has 0 N–H and O–H groups in total. The molecule has 0 unspecified atom stereocenters. The topological polar surface area (TPSA) is 57.9 Å². The normalized spacial score (nSPS) is 11.1. The molecule has 0 atom stereocenters. The van der Waals surface area contributed by atoms with Crippen molar-refractivity contribution in [2.24, 2.45) is 0 Å². The van der Waals surface area contributed by atoms with Gasteiger partial charge in [-0.3, -0.25) is 0 Å². The lowest BCUT2D eigenvalue weighted by atomic mass is 10.1. The molecule has 5 heteroatoms. The average Bonchev–Trinajstić information content (AvgIpc) is 3.08. The molecule has 0 fully saturated rings. The first-order valence-electron chi connectivity index (χ1n) is 8.08. The molecule has 0 saturated carbocycles. The van der Waals surface area contributed by atoms with Gasteiger partial charge in [-0.1, -0.05) is 0 Å². The fourth-order valence-corrected chi connectivity index (χ4v) is 2.80. The Balaban J connectivity index is 2.07. The molecule has 3 aromatic rings. The predicted octanol–water partition coefficient (Wildman–Crippen LogP) is 4.61. The van der Waals surface area contributed by atoms with Gasteiger partial charge in [0.2, 0.25) is 0 Å². The summed E-state index contributed by atoms with van der Waals surface area (Å²) in [5.74, 6) is 1.73. The lowest BCUT2D eigenvalue weighted by Gasteiger charge is -2.05. The van der Waals surface area contributed by atoms with Gasteiger partial charge in [-0.25, -0.2) is 4.79 Å². The number of carbonyl (C=O) groups is 1. The quantitative estimate of drug-likeness (QED) is 0.496. The van der Waals surface area contributed by atoms with Crippen molar-refractivity contribution in [2.75, 3.05) is 21.3 Å². The molecular weight excluding hydrogens is 332 g/mol. The fraction of sp³-hybridized carbons (Fsp3) is 0.190. The van der Waals surface area contributed by atoms with Crippen molar-refractivity contribution in [1.82, 2.24) is 0 Å². The molecule has 5 nitrogen and oxygen atoms in total. The maximum Gasteiger partial charge on any atom is 0.330 e. The average molecular weight is 352 g/mol. The molecule has 0 radical (unpaired) electrons. The second-order valence-electron chi connectivity index (χ2n) is 5.79. The van der Waals surface area contributed by atoms with Gasteiger partial charge >= 0.3 is 5.97 Å². The van der Waals surface area contributed by atoms with E-state index in [1.165, 1.54) is 13.2 Å². The second kappa shape index (κ2) is 7.35. The fourth-order valence-electron chi connectivity index (χ4n) is 2.80. The number of furan rings is 1. The van der Waals surface area contributed by atoms with Crippen molar-refractivity contribution < 1.29 is 23.4 Å². The number of esters is 1. The number of hydrogen-bond acceptors (Lipinski definition) is 5. The van der Waals surface area contributed by atoms with Crippen LogP contribution >= 0.6 is 0 Å². The highest BCUT2D eigenvalue weighted by atomic mass is 16.5. The van der Waals surface area contributed by atoms with Gasteiger partial charge in [0.15, 0.2) is 11.3 Å². The minimum absolute atomic E-state index is 0.411. The smallest absolute Gasteiger partial charge is 0.330 e. The van der Waals surface area contributed by atoms with Crippen LogP contribution in [0.2, 0.25) is 0 Å². The largest absolute Gasteiger partial charge is 0.497 e. The molecule has 0 saturated heterocycles. The zero-order valence-electron chi connectivity index (χ0n) is 15.2. The molecule has 0 spiro atoms. The highest BCUT2D eigenvalue weighted by molar-refractivity contribution is 5.92. The van der Waals surface area contributed by atoms with E-state index in [1.807, 2.05) is 43.3 Å². The van der Waals surface area contributed by atoms with Crippen molar-refractivity contribution in [3.05, 3.63) is 53.6 Å². The molecule has 0 amide bonds. The Morgan fingerprint density at radius 3 is 2.50 bits per heavy atom. The number of rotatable bonds is 5. The van der Waals surface area contributed by atoms with Crippen LogP contribution in [0, 0.1) is 6.92 Å². The first-order valence-corrected chi connectivity index (χ1v) is 8.08. The minimum Gasteiger partial charge on any atom is -0.497 e. The van der Waals surface area contributed by atoms with Gasteiger partial charge in [0.05, 0.1) is 21.3 Å². The van der Waals surface area contributed by atoms with Crippen LogP contribution < -0.4 is 9.47 Å². The van der Waals surface area contributed by atoms with E-state index in [0.29, 0.717) is 11.3 Å². The molecule has 0 aliphatic rings. The molecule has 1 aromatic heterocycles. The number of hydrogen-bond donors (Lipinski definition) is 0. The van der Waals surface area contributed by atoms with Crippen LogP contribution in [0.15, 0.2) is 46.9 Å². The standard InChI is InChI=1S/C21H20O5/c1-13-9-16(23-2)6-7-17(13)18-12-15-10-14(5-8-20(22)25-4)11-19(24-3)21(15)26-18/h5-12H,1-4H3/b8-5+. The Kier molecular flexibility index (Phi) is 4.98. The minimum atomic E-state index is -0.411. The van der Waals surface area contributed by atoms with Gasteiger partial charge < -0.3 is 18.6 Å². The van der Waals surface area contributed by atoms with Crippen LogP contribution in [0.25, 0.3) is 28.4 Å². The third kappa shape index (κ3) is 3.42. The number of ether oxygens (including phenoxy) is 3. The Hall–Kier alpha value is -3.21. The van der Waals surface area contributed by atoms with Crippen molar-refractivity contribution >= 4 is 23.0 Å². The molecule has 1 heterocycles. The van der Waals surface area contributed by atoms with Crippen molar-refractivity contribution in [3.8, 4) is 22.8 Å².